The topological polar surface area (TPSA) is 111 Å². The summed E-state index contributed by atoms with van der Waals surface area (Å²) in [5, 5.41) is 14.0. The van der Waals surface area contributed by atoms with Crippen molar-refractivity contribution in [2.24, 2.45) is 0 Å². The fourth-order valence-electron chi connectivity index (χ4n) is 4.46. The first kappa shape index (κ1) is 26.1. The summed E-state index contributed by atoms with van der Waals surface area (Å²) in [5.41, 5.74) is 8.14. The third-order valence-electron chi connectivity index (χ3n) is 6.44. The molecule has 0 aliphatic carbocycles. The normalized spacial score (nSPS) is 16.5. The molecule has 192 valence electrons. The van der Waals surface area contributed by atoms with Gasteiger partial charge in [0.05, 0.1) is 6.04 Å². The average molecular weight is 501 g/mol. The summed E-state index contributed by atoms with van der Waals surface area (Å²) >= 11 is 0. The van der Waals surface area contributed by atoms with Gasteiger partial charge in [0.25, 0.3) is 5.91 Å². The molecule has 8 nitrogen and oxygen atoms in total. The van der Waals surface area contributed by atoms with Crippen LogP contribution in [0.25, 0.3) is 0 Å². The van der Waals surface area contributed by atoms with Crippen molar-refractivity contribution in [1.29, 1.82) is 0 Å². The number of carbonyl (C=O) groups is 3. The number of nitrogens with zero attached hydrogens (tertiary/aromatic N) is 1. The third-order valence-corrected chi connectivity index (χ3v) is 6.44. The number of hydrogen-bond acceptors (Lipinski definition) is 5. The lowest BCUT2D eigenvalue weighted by molar-refractivity contribution is -0.144. The molecule has 3 aromatic carbocycles. The van der Waals surface area contributed by atoms with E-state index in [1.165, 1.54) is 4.90 Å². The van der Waals surface area contributed by atoms with Crippen LogP contribution >= 0.6 is 0 Å². The molecule has 0 bridgehead atoms. The standard InChI is InChI=1S/C29H32N4O4/c34-26-17-16-24(31-26)29(37)33(20-23-14-8-3-9-15-23)25(18-21-10-4-1-5-11-21)27(35)28(36)32-30-19-22-12-6-2-7-13-22/h1-15,24-25,27,30,35H,16-20H2,(H,31,34)(H,32,36)/t24-,25?,27?/m1/s1. The Kier molecular flexibility index (Phi) is 9.02. The molecule has 1 aliphatic heterocycles. The summed E-state index contributed by atoms with van der Waals surface area (Å²) in [5.74, 6) is -1.14. The molecule has 0 radical (unpaired) electrons. The first-order chi connectivity index (χ1) is 18.0. The molecule has 3 amide bonds. The van der Waals surface area contributed by atoms with Gasteiger partial charge in [-0.25, -0.2) is 5.43 Å². The van der Waals surface area contributed by atoms with Crippen LogP contribution in [0.15, 0.2) is 91.0 Å². The number of hydrogen-bond donors (Lipinski definition) is 4. The molecule has 0 spiro atoms. The number of benzene rings is 3. The number of amides is 3. The summed E-state index contributed by atoms with van der Waals surface area (Å²) < 4.78 is 0. The second-order valence-electron chi connectivity index (χ2n) is 9.14. The molecule has 37 heavy (non-hydrogen) atoms. The number of hydrazine groups is 1. The zero-order valence-electron chi connectivity index (χ0n) is 20.5. The first-order valence-electron chi connectivity index (χ1n) is 12.4. The number of aliphatic hydroxyl groups is 1. The van der Waals surface area contributed by atoms with Gasteiger partial charge in [0.15, 0.2) is 6.10 Å². The van der Waals surface area contributed by atoms with Crippen molar-refractivity contribution in [3.63, 3.8) is 0 Å². The van der Waals surface area contributed by atoms with Crippen LogP contribution < -0.4 is 16.2 Å². The van der Waals surface area contributed by atoms with Gasteiger partial charge in [0.2, 0.25) is 11.8 Å². The average Bonchev–Trinajstić information content (AvgIpc) is 3.38. The molecule has 1 aliphatic rings. The number of carbonyl (C=O) groups excluding carboxylic acids is 3. The predicted molar refractivity (Wildman–Crippen MR) is 140 cm³/mol. The highest BCUT2D eigenvalue weighted by molar-refractivity contribution is 5.91. The van der Waals surface area contributed by atoms with Crippen LogP contribution in [-0.4, -0.2) is 45.9 Å². The molecule has 0 saturated carbocycles. The highest BCUT2D eigenvalue weighted by Gasteiger charge is 2.39. The highest BCUT2D eigenvalue weighted by atomic mass is 16.3. The van der Waals surface area contributed by atoms with Crippen molar-refractivity contribution in [2.75, 3.05) is 0 Å². The number of aliphatic hydroxyl groups excluding tert-OH is 1. The Balaban J connectivity index is 1.57. The Morgan fingerprint density at radius 3 is 2.03 bits per heavy atom. The van der Waals surface area contributed by atoms with Crippen molar-refractivity contribution in [3.05, 3.63) is 108 Å². The molecule has 4 N–H and O–H groups in total. The van der Waals surface area contributed by atoms with Crippen LogP contribution in [0.2, 0.25) is 0 Å². The van der Waals surface area contributed by atoms with Gasteiger partial charge in [0.1, 0.15) is 6.04 Å². The van der Waals surface area contributed by atoms with Crippen molar-refractivity contribution < 1.29 is 19.5 Å². The monoisotopic (exact) mass is 500 g/mol. The van der Waals surface area contributed by atoms with Gasteiger partial charge in [-0.2, -0.15) is 0 Å². The van der Waals surface area contributed by atoms with E-state index in [4.69, 9.17) is 0 Å². The van der Waals surface area contributed by atoms with E-state index in [0.717, 1.165) is 16.7 Å². The summed E-state index contributed by atoms with van der Waals surface area (Å²) in [6, 6.07) is 26.8. The Morgan fingerprint density at radius 2 is 1.46 bits per heavy atom. The number of rotatable bonds is 11. The molecule has 8 heteroatoms. The second kappa shape index (κ2) is 12.8. The van der Waals surface area contributed by atoms with E-state index in [1.807, 2.05) is 91.0 Å². The summed E-state index contributed by atoms with van der Waals surface area (Å²) in [6.07, 6.45) is -0.617. The van der Waals surface area contributed by atoms with E-state index in [1.54, 1.807) is 0 Å². The van der Waals surface area contributed by atoms with E-state index in [0.29, 0.717) is 13.0 Å². The maximum absolute atomic E-state index is 13.7. The summed E-state index contributed by atoms with van der Waals surface area (Å²) in [4.78, 5) is 40.2. The summed E-state index contributed by atoms with van der Waals surface area (Å²) in [6.45, 7) is 0.564. The van der Waals surface area contributed by atoms with Gasteiger partial charge in [0, 0.05) is 19.5 Å². The molecule has 4 rings (SSSR count). The van der Waals surface area contributed by atoms with Crippen molar-refractivity contribution >= 4 is 17.7 Å². The minimum atomic E-state index is -1.52. The third kappa shape index (κ3) is 7.25. The van der Waals surface area contributed by atoms with Gasteiger partial charge < -0.3 is 15.3 Å². The van der Waals surface area contributed by atoms with Gasteiger partial charge in [-0.1, -0.05) is 91.0 Å². The van der Waals surface area contributed by atoms with Crippen LogP contribution in [0.4, 0.5) is 0 Å². The van der Waals surface area contributed by atoms with E-state index in [9.17, 15) is 19.5 Å². The fraction of sp³-hybridized carbons (Fsp3) is 0.276. The lowest BCUT2D eigenvalue weighted by Crippen LogP contribution is -2.58. The zero-order valence-corrected chi connectivity index (χ0v) is 20.5. The van der Waals surface area contributed by atoms with Crippen molar-refractivity contribution in [1.82, 2.24) is 21.1 Å². The van der Waals surface area contributed by atoms with E-state index >= 15 is 0 Å². The molecule has 1 fully saturated rings. The zero-order chi connectivity index (χ0) is 26.0. The largest absolute Gasteiger partial charge is 0.381 e. The Labute approximate surface area is 216 Å². The molecule has 0 aromatic heterocycles. The Hall–Kier alpha value is -4.01. The quantitative estimate of drug-likeness (QED) is 0.302. The Bertz CT molecular complexity index is 1170. The molecule has 2 unspecified atom stereocenters. The van der Waals surface area contributed by atoms with Crippen LogP contribution in [-0.2, 0) is 33.9 Å². The number of nitrogens with one attached hydrogen (secondary N) is 3. The van der Waals surface area contributed by atoms with Crippen molar-refractivity contribution in [2.45, 2.75) is 50.5 Å². The summed E-state index contributed by atoms with van der Waals surface area (Å²) in [7, 11) is 0. The van der Waals surface area contributed by atoms with Gasteiger partial charge in [-0.3, -0.25) is 19.8 Å². The smallest absolute Gasteiger partial charge is 0.265 e. The molecular formula is C29H32N4O4. The maximum atomic E-state index is 13.7. The van der Waals surface area contributed by atoms with Crippen LogP contribution in [0, 0.1) is 0 Å². The van der Waals surface area contributed by atoms with Crippen molar-refractivity contribution in [3.8, 4) is 0 Å². The minimum Gasteiger partial charge on any atom is -0.381 e. The predicted octanol–water partition coefficient (Wildman–Crippen LogP) is 2.09. The molecule has 1 heterocycles. The van der Waals surface area contributed by atoms with Gasteiger partial charge >= 0.3 is 0 Å². The van der Waals surface area contributed by atoms with Crippen LogP contribution in [0.1, 0.15) is 29.5 Å². The Morgan fingerprint density at radius 1 is 0.892 bits per heavy atom. The molecular weight excluding hydrogens is 468 g/mol. The lowest BCUT2D eigenvalue weighted by Gasteiger charge is -2.36. The van der Waals surface area contributed by atoms with Gasteiger partial charge in [-0.15, -0.1) is 0 Å². The lowest BCUT2D eigenvalue weighted by atomic mass is 9.97. The van der Waals surface area contributed by atoms with E-state index in [-0.39, 0.29) is 31.2 Å². The van der Waals surface area contributed by atoms with Gasteiger partial charge in [-0.05, 0) is 29.5 Å². The molecule has 3 atom stereocenters. The molecule has 3 aromatic rings. The molecule has 1 saturated heterocycles. The minimum absolute atomic E-state index is 0.180. The van der Waals surface area contributed by atoms with Crippen LogP contribution in [0.5, 0.6) is 0 Å². The van der Waals surface area contributed by atoms with Crippen LogP contribution in [0.3, 0.4) is 0 Å². The fourth-order valence-corrected chi connectivity index (χ4v) is 4.46. The van der Waals surface area contributed by atoms with E-state index in [2.05, 4.69) is 16.2 Å². The van der Waals surface area contributed by atoms with E-state index < -0.39 is 24.1 Å². The highest BCUT2D eigenvalue weighted by Crippen LogP contribution is 2.21. The first-order valence-corrected chi connectivity index (χ1v) is 12.4. The second-order valence-corrected chi connectivity index (χ2v) is 9.14. The maximum Gasteiger partial charge on any atom is 0.265 e. The SMILES string of the molecule is O=C1CC[C@H](C(=O)N(Cc2ccccc2)C(Cc2ccccc2)C(O)C(=O)NNCc2ccccc2)N1.